The number of benzene rings is 2. The molecule has 0 spiro atoms. The van der Waals surface area contributed by atoms with E-state index >= 15 is 0 Å². The molecule has 1 atom stereocenters. The molecule has 0 bridgehead atoms. The van der Waals surface area contributed by atoms with Gasteiger partial charge in [-0.2, -0.15) is 5.26 Å². The Morgan fingerprint density at radius 1 is 1.29 bits per heavy atom. The lowest BCUT2D eigenvalue weighted by Crippen LogP contribution is -2.48. The predicted molar refractivity (Wildman–Crippen MR) is 132 cm³/mol. The summed E-state index contributed by atoms with van der Waals surface area (Å²) in [6, 6.07) is 17.1. The Labute approximate surface area is 204 Å². The van der Waals surface area contributed by atoms with Crippen LogP contribution >= 0.6 is 0 Å². The summed E-state index contributed by atoms with van der Waals surface area (Å²) in [5.74, 6) is 0.330. The molecular weight excluding hydrogens is 444 g/mol. The van der Waals surface area contributed by atoms with Crippen molar-refractivity contribution in [2.24, 2.45) is 0 Å². The van der Waals surface area contributed by atoms with Crippen molar-refractivity contribution in [1.82, 2.24) is 20.2 Å². The zero-order valence-corrected chi connectivity index (χ0v) is 19.8. The summed E-state index contributed by atoms with van der Waals surface area (Å²) in [6.45, 7) is 1.09. The van der Waals surface area contributed by atoms with E-state index in [0.29, 0.717) is 35.9 Å². The highest BCUT2D eigenvalue weighted by atomic mass is 16.5. The molecule has 9 nitrogen and oxygen atoms in total. The number of aliphatic hydroxyl groups excluding tert-OH is 1. The molecule has 2 heterocycles. The molecule has 3 N–H and O–H groups in total. The average Bonchev–Trinajstić information content (AvgIpc) is 3.33. The van der Waals surface area contributed by atoms with Crippen LogP contribution in [0.4, 0.5) is 11.6 Å². The van der Waals surface area contributed by atoms with Gasteiger partial charge in [-0.1, -0.05) is 12.1 Å². The lowest BCUT2D eigenvalue weighted by atomic mass is 9.97. The third kappa shape index (κ3) is 5.63. The largest absolute Gasteiger partial charge is 0.477 e. The number of hydrogen-bond donors (Lipinski definition) is 3. The fourth-order valence-corrected chi connectivity index (χ4v) is 4.09. The molecule has 0 unspecified atom stereocenters. The van der Waals surface area contributed by atoms with Crippen LogP contribution in [-0.4, -0.2) is 65.2 Å². The molecule has 1 aliphatic rings. The predicted octanol–water partition coefficient (Wildman–Crippen LogP) is 2.49. The maximum atomic E-state index is 12.4. The van der Waals surface area contributed by atoms with E-state index in [1.54, 1.807) is 30.5 Å². The monoisotopic (exact) mass is 472 g/mol. The van der Waals surface area contributed by atoms with Crippen molar-refractivity contribution in [2.45, 2.75) is 18.6 Å². The van der Waals surface area contributed by atoms with Crippen molar-refractivity contribution in [3.8, 4) is 23.1 Å². The van der Waals surface area contributed by atoms with Crippen LogP contribution in [-0.2, 0) is 11.3 Å². The number of carbonyl (C=O) groups is 1. The Hall–Kier alpha value is -3.84. The maximum Gasteiger partial charge on any atom is 0.227 e. The molecule has 180 valence electrons. The van der Waals surface area contributed by atoms with E-state index in [-0.39, 0.29) is 12.1 Å². The van der Waals surface area contributed by atoms with Crippen LogP contribution in [0.3, 0.4) is 0 Å². The van der Waals surface area contributed by atoms with Gasteiger partial charge in [0.25, 0.3) is 0 Å². The minimum Gasteiger partial charge on any atom is -0.477 e. The SMILES string of the molecule is CN(C)Cc1cccc(Nc2nccc(-c3ccc(O[C@]4(C(=O)CO)CCNC4)c(C#N)c3)n2)c1. The summed E-state index contributed by atoms with van der Waals surface area (Å²) in [5.41, 5.74) is 2.51. The number of nitriles is 1. The van der Waals surface area contributed by atoms with Crippen LogP contribution in [0.5, 0.6) is 5.75 Å². The fourth-order valence-electron chi connectivity index (χ4n) is 4.09. The number of aliphatic hydroxyl groups is 1. The molecule has 0 amide bonds. The number of nitrogens with zero attached hydrogens (tertiary/aromatic N) is 4. The normalized spacial score (nSPS) is 17.2. The highest BCUT2D eigenvalue weighted by molar-refractivity contribution is 5.89. The first-order valence-electron chi connectivity index (χ1n) is 11.3. The van der Waals surface area contributed by atoms with Gasteiger partial charge in [0.2, 0.25) is 11.7 Å². The van der Waals surface area contributed by atoms with E-state index in [4.69, 9.17) is 4.74 Å². The first-order valence-corrected chi connectivity index (χ1v) is 11.3. The van der Waals surface area contributed by atoms with Gasteiger partial charge in [0.1, 0.15) is 18.4 Å². The molecule has 0 saturated carbocycles. The third-order valence-corrected chi connectivity index (χ3v) is 5.81. The Balaban J connectivity index is 1.57. The zero-order chi connectivity index (χ0) is 24.8. The minimum absolute atomic E-state index is 0.282. The van der Waals surface area contributed by atoms with Crippen molar-refractivity contribution >= 4 is 17.4 Å². The number of hydrogen-bond acceptors (Lipinski definition) is 9. The second-order valence-electron chi connectivity index (χ2n) is 8.76. The van der Waals surface area contributed by atoms with E-state index in [1.807, 2.05) is 26.2 Å². The van der Waals surface area contributed by atoms with Gasteiger partial charge in [-0.25, -0.2) is 9.97 Å². The van der Waals surface area contributed by atoms with E-state index in [9.17, 15) is 15.2 Å². The zero-order valence-electron chi connectivity index (χ0n) is 19.8. The summed E-state index contributed by atoms with van der Waals surface area (Å²) >= 11 is 0. The lowest BCUT2D eigenvalue weighted by molar-refractivity contribution is -0.136. The van der Waals surface area contributed by atoms with Crippen molar-refractivity contribution in [2.75, 3.05) is 39.1 Å². The van der Waals surface area contributed by atoms with Crippen LogP contribution in [0.25, 0.3) is 11.3 Å². The quantitative estimate of drug-likeness (QED) is 0.431. The molecule has 4 rings (SSSR count). The summed E-state index contributed by atoms with van der Waals surface area (Å²) in [6.07, 6.45) is 2.08. The highest BCUT2D eigenvalue weighted by Gasteiger charge is 2.43. The van der Waals surface area contributed by atoms with Crippen molar-refractivity contribution < 1.29 is 14.6 Å². The van der Waals surface area contributed by atoms with Gasteiger partial charge in [-0.3, -0.25) is 4.79 Å². The Bertz CT molecular complexity index is 1250. The van der Waals surface area contributed by atoms with Gasteiger partial charge in [0.15, 0.2) is 5.60 Å². The van der Waals surface area contributed by atoms with Crippen molar-refractivity contribution in [3.63, 3.8) is 0 Å². The molecule has 0 aliphatic carbocycles. The third-order valence-electron chi connectivity index (χ3n) is 5.81. The number of nitrogens with one attached hydrogen (secondary N) is 2. The molecule has 3 aromatic rings. The summed E-state index contributed by atoms with van der Waals surface area (Å²) in [7, 11) is 4.04. The first-order chi connectivity index (χ1) is 16.9. The second-order valence-corrected chi connectivity index (χ2v) is 8.76. The van der Waals surface area contributed by atoms with Gasteiger partial charge in [-0.15, -0.1) is 0 Å². The van der Waals surface area contributed by atoms with Crippen molar-refractivity contribution in [3.05, 3.63) is 65.9 Å². The topological polar surface area (TPSA) is 123 Å². The number of ether oxygens (including phenoxy) is 1. The van der Waals surface area contributed by atoms with E-state index < -0.39 is 18.0 Å². The summed E-state index contributed by atoms with van der Waals surface area (Å²) < 4.78 is 6.03. The van der Waals surface area contributed by atoms with Gasteiger partial charge in [0, 0.05) is 37.0 Å². The van der Waals surface area contributed by atoms with E-state index in [1.165, 1.54) is 5.56 Å². The molecule has 35 heavy (non-hydrogen) atoms. The number of carbonyl (C=O) groups excluding carboxylic acids is 1. The van der Waals surface area contributed by atoms with Crippen molar-refractivity contribution in [1.29, 1.82) is 5.26 Å². The number of anilines is 2. The standard InChI is InChI=1S/C26H28N6O3/c1-32(2)15-18-4-3-5-21(12-18)30-25-29-10-8-22(31-25)19-6-7-23(20(13-19)14-27)35-26(24(34)16-33)9-11-28-17-26/h3-8,10,12-13,28,33H,9,11,15-17H2,1-2H3,(H,29,30,31)/t26-/m1/s1. The average molecular weight is 473 g/mol. The van der Waals surface area contributed by atoms with Gasteiger partial charge in [0.05, 0.1) is 11.3 Å². The Kier molecular flexibility index (Phi) is 7.36. The molecule has 2 aromatic carbocycles. The molecule has 9 heteroatoms. The van der Waals surface area contributed by atoms with Gasteiger partial charge >= 0.3 is 0 Å². The van der Waals surface area contributed by atoms with Gasteiger partial charge < -0.3 is 25.4 Å². The van der Waals surface area contributed by atoms with Crippen LogP contribution < -0.4 is 15.4 Å². The molecule has 0 radical (unpaired) electrons. The number of Topliss-reactive ketones (excluding diaryl/α,β-unsaturated/α-hetero) is 1. The molecule has 1 aromatic heterocycles. The van der Waals surface area contributed by atoms with Crippen LogP contribution in [0, 0.1) is 11.3 Å². The highest BCUT2D eigenvalue weighted by Crippen LogP contribution is 2.31. The smallest absolute Gasteiger partial charge is 0.227 e. The van der Waals surface area contributed by atoms with Crippen LogP contribution in [0.15, 0.2) is 54.7 Å². The lowest BCUT2D eigenvalue weighted by Gasteiger charge is -2.28. The number of aromatic nitrogens is 2. The summed E-state index contributed by atoms with van der Waals surface area (Å²) in [4.78, 5) is 23.4. The Morgan fingerprint density at radius 2 is 2.14 bits per heavy atom. The molecule has 1 aliphatic heterocycles. The minimum atomic E-state index is -1.17. The number of rotatable bonds is 9. The molecule has 1 saturated heterocycles. The van der Waals surface area contributed by atoms with Crippen LogP contribution in [0.1, 0.15) is 17.5 Å². The Morgan fingerprint density at radius 3 is 2.86 bits per heavy atom. The van der Waals surface area contributed by atoms with E-state index in [2.05, 4.69) is 43.7 Å². The maximum absolute atomic E-state index is 12.4. The van der Waals surface area contributed by atoms with Crippen LogP contribution in [0.2, 0.25) is 0 Å². The first kappa shape index (κ1) is 24.3. The second kappa shape index (κ2) is 10.6. The summed E-state index contributed by atoms with van der Waals surface area (Å²) in [5, 5.41) is 25.5. The number of ketones is 1. The molecular formula is C26H28N6O3. The van der Waals surface area contributed by atoms with E-state index in [0.717, 1.165) is 12.2 Å². The fraction of sp³-hybridized carbons (Fsp3) is 0.308. The van der Waals surface area contributed by atoms with Gasteiger partial charge in [-0.05, 0) is 62.6 Å². The molecule has 1 fully saturated rings.